The molecule has 0 saturated heterocycles. The van der Waals surface area contributed by atoms with Gasteiger partial charge in [-0.2, -0.15) is 0 Å². The average Bonchev–Trinajstić information content (AvgIpc) is 2.84. The van der Waals surface area contributed by atoms with Crippen LogP contribution >= 0.6 is 0 Å². The second kappa shape index (κ2) is 6.09. The molecule has 0 aromatic carbocycles. The van der Waals surface area contributed by atoms with Crippen molar-refractivity contribution in [3.63, 3.8) is 0 Å². The van der Waals surface area contributed by atoms with Crippen LogP contribution in [0.3, 0.4) is 0 Å². The van der Waals surface area contributed by atoms with Gasteiger partial charge < -0.3 is 5.32 Å². The van der Waals surface area contributed by atoms with E-state index in [1.54, 1.807) is 12.1 Å². The molecule has 2 aromatic heterocycles. The summed E-state index contributed by atoms with van der Waals surface area (Å²) >= 11 is 0. The summed E-state index contributed by atoms with van der Waals surface area (Å²) in [4.78, 5) is 0. The second-order valence-electron chi connectivity index (χ2n) is 4.28. The zero-order chi connectivity index (χ0) is 14.6. The van der Waals surface area contributed by atoms with E-state index in [2.05, 4.69) is 25.9 Å². The minimum absolute atomic E-state index is 0.480. The van der Waals surface area contributed by atoms with E-state index >= 15 is 0 Å². The van der Waals surface area contributed by atoms with Gasteiger partial charge in [0, 0.05) is 19.6 Å². The summed E-state index contributed by atoms with van der Waals surface area (Å²) in [6.45, 7) is 3.40. The molecule has 0 aliphatic heterocycles. The molecule has 20 heavy (non-hydrogen) atoms. The number of sulfonamides is 1. The number of fused-ring (bicyclic) bond motifs is 1. The third kappa shape index (κ3) is 3.61. The van der Waals surface area contributed by atoms with Crippen LogP contribution in [0, 0.1) is 0 Å². The van der Waals surface area contributed by atoms with Crippen molar-refractivity contribution in [2.75, 3.05) is 31.2 Å². The Balaban J connectivity index is 1.83. The Bertz CT molecular complexity index is 669. The predicted molar refractivity (Wildman–Crippen MR) is 73.8 cm³/mol. The molecular weight excluding hydrogens is 282 g/mol. The number of hydrogen-bond acceptors (Lipinski definition) is 7. The fourth-order valence-corrected chi connectivity index (χ4v) is 2.70. The van der Waals surface area contributed by atoms with Crippen LogP contribution < -0.4 is 5.32 Å². The standard InChI is InChI=1S/C10H17N7O2S/c1-3-16(20(2,18)19)8-4-7-11-9-5-6-10-12-14-15-17(10)13-9/h5-6H,3-4,7-8H2,1-2H3,(H,11,13). The molecule has 0 aliphatic carbocycles. The molecular formula is C10H17N7O2S. The van der Waals surface area contributed by atoms with Crippen LogP contribution in [0.15, 0.2) is 12.1 Å². The molecule has 0 saturated carbocycles. The van der Waals surface area contributed by atoms with Gasteiger partial charge >= 0.3 is 0 Å². The number of hydrogen-bond donors (Lipinski definition) is 1. The van der Waals surface area contributed by atoms with Crippen molar-refractivity contribution in [2.24, 2.45) is 0 Å². The van der Waals surface area contributed by atoms with Crippen molar-refractivity contribution in [3.8, 4) is 0 Å². The van der Waals surface area contributed by atoms with Gasteiger partial charge in [-0.3, -0.25) is 0 Å². The van der Waals surface area contributed by atoms with Gasteiger partial charge in [-0.1, -0.05) is 6.92 Å². The first-order valence-corrected chi connectivity index (χ1v) is 8.10. The highest BCUT2D eigenvalue weighted by Crippen LogP contribution is 2.04. The van der Waals surface area contributed by atoms with Gasteiger partial charge in [0.25, 0.3) is 0 Å². The molecule has 1 N–H and O–H groups in total. The highest BCUT2D eigenvalue weighted by atomic mass is 32.2. The average molecular weight is 299 g/mol. The van der Waals surface area contributed by atoms with Gasteiger partial charge in [0.05, 0.1) is 6.26 Å². The topological polar surface area (TPSA) is 105 Å². The normalized spacial score (nSPS) is 12.2. The summed E-state index contributed by atoms with van der Waals surface area (Å²) < 4.78 is 25.6. The van der Waals surface area contributed by atoms with Crippen molar-refractivity contribution >= 4 is 21.5 Å². The van der Waals surface area contributed by atoms with Crippen molar-refractivity contribution < 1.29 is 8.42 Å². The first-order valence-electron chi connectivity index (χ1n) is 6.25. The minimum Gasteiger partial charge on any atom is -0.369 e. The Morgan fingerprint density at radius 1 is 1.40 bits per heavy atom. The molecule has 9 nitrogen and oxygen atoms in total. The van der Waals surface area contributed by atoms with Gasteiger partial charge in [-0.25, -0.2) is 12.7 Å². The molecule has 0 aliphatic rings. The van der Waals surface area contributed by atoms with E-state index in [1.807, 2.05) is 6.92 Å². The molecule has 10 heteroatoms. The maximum atomic E-state index is 11.4. The molecule has 0 radical (unpaired) electrons. The van der Waals surface area contributed by atoms with Crippen LogP contribution in [-0.4, -0.2) is 63.9 Å². The van der Waals surface area contributed by atoms with Crippen LogP contribution in [-0.2, 0) is 10.0 Å². The Morgan fingerprint density at radius 2 is 2.20 bits per heavy atom. The molecule has 2 aromatic rings. The third-order valence-corrected chi connectivity index (χ3v) is 4.16. The quantitative estimate of drug-likeness (QED) is 0.694. The van der Waals surface area contributed by atoms with Crippen LogP contribution in [0.25, 0.3) is 5.65 Å². The number of tetrazole rings is 1. The highest BCUT2D eigenvalue weighted by molar-refractivity contribution is 7.88. The molecule has 2 heterocycles. The number of aromatic nitrogens is 5. The molecule has 110 valence electrons. The van der Waals surface area contributed by atoms with Gasteiger partial charge in [0.1, 0.15) is 5.82 Å². The summed E-state index contributed by atoms with van der Waals surface area (Å²) in [6, 6.07) is 3.53. The lowest BCUT2D eigenvalue weighted by Gasteiger charge is -2.17. The first kappa shape index (κ1) is 14.6. The van der Waals surface area contributed by atoms with Crippen LogP contribution in [0.2, 0.25) is 0 Å². The highest BCUT2D eigenvalue weighted by Gasteiger charge is 2.13. The second-order valence-corrected chi connectivity index (χ2v) is 6.26. The van der Waals surface area contributed by atoms with E-state index < -0.39 is 10.0 Å². The Morgan fingerprint density at radius 3 is 2.90 bits per heavy atom. The van der Waals surface area contributed by atoms with E-state index in [-0.39, 0.29) is 0 Å². The maximum absolute atomic E-state index is 11.4. The largest absolute Gasteiger partial charge is 0.369 e. The van der Waals surface area contributed by atoms with E-state index in [0.29, 0.717) is 37.5 Å². The van der Waals surface area contributed by atoms with E-state index in [4.69, 9.17) is 0 Å². The fourth-order valence-electron chi connectivity index (χ4n) is 1.77. The molecule has 0 atom stereocenters. The molecule has 0 bridgehead atoms. The van der Waals surface area contributed by atoms with E-state index in [9.17, 15) is 8.42 Å². The molecule has 0 amide bonds. The van der Waals surface area contributed by atoms with E-state index in [0.717, 1.165) is 0 Å². The molecule has 0 unspecified atom stereocenters. The number of rotatable bonds is 7. The third-order valence-electron chi connectivity index (χ3n) is 2.78. The molecule has 2 rings (SSSR count). The lowest BCUT2D eigenvalue weighted by atomic mass is 10.4. The monoisotopic (exact) mass is 299 g/mol. The fraction of sp³-hybridized carbons (Fsp3) is 0.600. The van der Waals surface area contributed by atoms with E-state index in [1.165, 1.54) is 15.2 Å². The Labute approximate surface area is 117 Å². The lowest BCUT2D eigenvalue weighted by molar-refractivity contribution is 0.428. The van der Waals surface area contributed by atoms with Crippen LogP contribution in [0.4, 0.5) is 5.82 Å². The van der Waals surface area contributed by atoms with Crippen molar-refractivity contribution in [1.82, 2.24) is 29.6 Å². The van der Waals surface area contributed by atoms with Gasteiger partial charge in [-0.15, -0.1) is 14.8 Å². The summed E-state index contributed by atoms with van der Waals surface area (Å²) in [5.74, 6) is 0.646. The molecule has 0 spiro atoms. The van der Waals surface area contributed by atoms with Crippen LogP contribution in [0.5, 0.6) is 0 Å². The summed E-state index contributed by atoms with van der Waals surface area (Å²) in [7, 11) is -3.12. The van der Waals surface area contributed by atoms with Crippen molar-refractivity contribution in [2.45, 2.75) is 13.3 Å². The number of anilines is 1. The minimum atomic E-state index is -3.12. The van der Waals surface area contributed by atoms with Crippen molar-refractivity contribution in [3.05, 3.63) is 12.1 Å². The van der Waals surface area contributed by atoms with Crippen LogP contribution in [0.1, 0.15) is 13.3 Å². The summed E-state index contributed by atoms with van der Waals surface area (Å²) in [5, 5.41) is 18.2. The van der Waals surface area contributed by atoms with Gasteiger partial charge in [0.15, 0.2) is 5.65 Å². The number of nitrogens with zero attached hydrogens (tertiary/aromatic N) is 6. The molecule has 0 fully saturated rings. The van der Waals surface area contributed by atoms with Gasteiger partial charge in [0.2, 0.25) is 10.0 Å². The van der Waals surface area contributed by atoms with Gasteiger partial charge in [-0.05, 0) is 29.0 Å². The predicted octanol–water partition coefficient (Wildman–Crippen LogP) is -0.397. The Kier molecular flexibility index (Phi) is 4.45. The smallest absolute Gasteiger partial charge is 0.211 e. The zero-order valence-electron chi connectivity index (χ0n) is 11.4. The summed E-state index contributed by atoms with van der Waals surface area (Å²) in [6.07, 6.45) is 1.91. The Hall–Kier alpha value is -1.81. The van der Waals surface area contributed by atoms with Crippen molar-refractivity contribution in [1.29, 1.82) is 0 Å². The first-order chi connectivity index (χ1) is 9.50. The number of nitrogens with one attached hydrogen (secondary N) is 1. The summed E-state index contributed by atoms with van der Waals surface area (Å²) in [5.41, 5.74) is 0.574. The zero-order valence-corrected chi connectivity index (χ0v) is 12.2. The maximum Gasteiger partial charge on any atom is 0.211 e. The SMILES string of the molecule is CCN(CCCNc1ccc2nnnn2n1)S(C)(=O)=O. The lowest BCUT2D eigenvalue weighted by Crippen LogP contribution is -2.31.